The summed E-state index contributed by atoms with van der Waals surface area (Å²) in [5, 5.41) is 20.1. The standard InChI is InChI=1S/C20H30O4/c1-12-6-7-16-19(2,3)8-5-9-20(16,4)14(12)11-15(21)13-10-17(22)24-18(13)23/h10,14-17,21-22H,1,5-9,11H2,2-4H3/t14-,15-,16-,17?,20+/m0/s1. The number of carbonyl (C=O) groups excluding carboxylic acids is 1. The molecule has 0 amide bonds. The number of hydrogen-bond donors (Lipinski definition) is 2. The number of esters is 1. The van der Waals surface area contributed by atoms with Crippen LogP contribution in [-0.4, -0.2) is 28.6 Å². The monoisotopic (exact) mass is 334 g/mol. The molecule has 1 heterocycles. The molecule has 1 unspecified atom stereocenters. The number of cyclic esters (lactones) is 1. The van der Waals surface area contributed by atoms with Crippen molar-refractivity contribution in [3.05, 3.63) is 23.8 Å². The van der Waals surface area contributed by atoms with Crippen molar-refractivity contribution < 1.29 is 19.7 Å². The Balaban J connectivity index is 1.84. The average molecular weight is 334 g/mol. The first-order valence-electron chi connectivity index (χ1n) is 9.11. The molecule has 0 radical (unpaired) electrons. The molecule has 0 bridgehead atoms. The van der Waals surface area contributed by atoms with Crippen molar-refractivity contribution in [2.24, 2.45) is 22.7 Å². The Labute approximate surface area is 144 Å². The third-order valence-electron chi connectivity index (χ3n) is 6.92. The van der Waals surface area contributed by atoms with Gasteiger partial charge in [0.05, 0.1) is 11.7 Å². The van der Waals surface area contributed by atoms with Crippen molar-refractivity contribution >= 4 is 5.97 Å². The summed E-state index contributed by atoms with van der Waals surface area (Å²) >= 11 is 0. The number of aliphatic hydroxyl groups excluding tert-OH is 2. The van der Waals surface area contributed by atoms with Gasteiger partial charge >= 0.3 is 5.97 Å². The van der Waals surface area contributed by atoms with Crippen LogP contribution >= 0.6 is 0 Å². The molecule has 0 aromatic rings. The zero-order valence-electron chi connectivity index (χ0n) is 15.0. The van der Waals surface area contributed by atoms with Crippen LogP contribution in [0.5, 0.6) is 0 Å². The van der Waals surface area contributed by atoms with Crippen LogP contribution < -0.4 is 0 Å². The van der Waals surface area contributed by atoms with E-state index in [-0.39, 0.29) is 16.9 Å². The number of hydrogen-bond acceptors (Lipinski definition) is 4. The summed E-state index contributed by atoms with van der Waals surface area (Å²) in [6, 6.07) is 0. The Kier molecular flexibility index (Phi) is 4.42. The normalized spacial score (nSPS) is 39.9. The number of carbonyl (C=O) groups is 1. The fraction of sp³-hybridized carbons (Fsp3) is 0.750. The molecule has 0 aromatic heterocycles. The minimum atomic E-state index is -1.23. The fourth-order valence-corrected chi connectivity index (χ4v) is 5.74. The molecule has 0 spiro atoms. The highest BCUT2D eigenvalue weighted by Crippen LogP contribution is 2.61. The number of allylic oxidation sites excluding steroid dienone is 1. The van der Waals surface area contributed by atoms with E-state index in [0.29, 0.717) is 17.8 Å². The number of aliphatic hydroxyl groups is 2. The van der Waals surface area contributed by atoms with Crippen LogP contribution in [-0.2, 0) is 9.53 Å². The van der Waals surface area contributed by atoms with E-state index in [9.17, 15) is 15.0 Å². The molecule has 5 atom stereocenters. The molecular formula is C20H30O4. The zero-order chi connectivity index (χ0) is 17.7. The van der Waals surface area contributed by atoms with Gasteiger partial charge < -0.3 is 14.9 Å². The first-order chi connectivity index (χ1) is 11.1. The van der Waals surface area contributed by atoms with Crippen molar-refractivity contribution in [2.45, 2.75) is 71.7 Å². The summed E-state index contributed by atoms with van der Waals surface area (Å²) in [5.41, 5.74) is 1.80. The van der Waals surface area contributed by atoms with Crippen LogP contribution in [0.15, 0.2) is 23.8 Å². The molecular weight excluding hydrogens is 304 g/mol. The molecule has 2 saturated carbocycles. The van der Waals surface area contributed by atoms with E-state index in [1.54, 1.807) is 0 Å². The Hall–Kier alpha value is -1.13. The van der Waals surface area contributed by atoms with E-state index in [4.69, 9.17) is 4.74 Å². The molecule has 0 aromatic carbocycles. The fourth-order valence-electron chi connectivity index (χ4n) is 5.74. The van der Waals surface area contributed by atoms with Crippen molar-refractivity contribution in [1.29, 1.82) is 0 Å². The van der Waals surface area contributed by atoms with Crippen molar-refractivity contribution in [3.8, 4) is 0 Å². The molecule has 2 N–H and O–H groups in total. The lowest BCUT2D eigenvalue weighted by Crippen LogP contribution is -2.50. The molecule has 3 aliphatic rings. The molecule has 2 aliphatic carbocycles. The van der Waals surface area contributed by atoms with Crippen LogP contribution in [0.2, 0.25) is 0 Å². The highest BCUT2D eigenvalue weighted by atomic mass is 16.6. The van der Waals surface area contributed by atoms with Gasteiger partial charge in [-0.3, -0.25) is 0 Å². The second-order valence-corrected chi connectivity index (χ2v) is 8.82. The van der Waals surface area contributed by atoms with Gasteiger partial charge in [0.25, 0.3) is 0 Å². The minimum absolute atomic E-state index is 0.111. The first kappa shape index (κ1) is 17.7. The number of rotatable bonds is 3. The Morgan fingerprint density at radius 3 is 2.71 bits per heavy atom. The van der Waals surface area contributed by atoms with Gasteiger partial charge in [-0.1, -0.05) is 39.3 Å². The summed E-state index contributed by atoms with van der Waals surface area (Å²) in [7, 11) is 0. The predicted octanol–water partition coefficient (Wildman–Crippen LogP) is 3.34. The lowest BCUT2D eigenvalue weighted by atomic mass is 9.47. The summed E-state index contributed by atoms with van der Waals surface area (Å²) < 4.78 is 4.72. The van der Waals surface area contributed by atoms with Crippen LogP contribution in [0.25, 0.3) is 0 Å². The predicted molar refractivity (Wildman–Crippen MR) is 91.9 cm³/mol. The Bertz CT molecular complexity index is 576. The molecule has 3 rings (SSSR count). The van der Waals surface area contributed by atoms with Gasteiger partial charge in [0.1, 0.15) is 0 Å². The zero-order valence-corrected chi connectivity index (χ0v) is 15.0. The maximum Gasteiger partial charge on any atom is 0.339 e. The topological polar surface area (TPSA) is 66.8 Å². The highest BCUT2D eigenvalue weighted by Gasteiger charge is 2.53. The summed E-state index contributed by atoms with van der Waals surface area (Å²) in [6.07, 6.45) is 5.42. The third kappa shape index (κ3) is 2.84. The lowest BCUT2D eigenvalue weighted by Gasteiger charge is -2.58. The molecule has 4 heteroatoms. The maximum atomic E-state index is 11.8. The molecule has 24 heavy (non-hydrogen) atoms. The smallest absolute Gasteiger partial charge is 0.339 e. The molecule has 4 nitrogen and oxygen atoms in total. The second kappa shape index (κ2) is 5.99. The van der Waals surface area contributed by atoms with Crippen molar-refractivity contribution in [1.82, 2.24) is 0 Å². The molecule has 1 aliphatic heterocycles. The lowest BCUT2D eigenvalue weighted by molar-refractivity contribution is -0.152. The SMILES string of the molecule is C=C1CC[C@H]2C(C)(C)CCC[C@]2(C)[C@H]1C[C@H](O)C1=CC(O)OC1=O. The van der Waals surface area contributed by atoms with Crippen LogP contribution in [0.3, 0.4) is 0 Å². The van der Waals surface area contributed by atoms with Crippen LogP contribution in [0, 0.1) is 22.7 Å². The van der Waals surface area contributed by atoms with Gasteiger partial charge in [0.2, 0.25) is 6.29 Å². The van der Waals surface area contributed by atoms with Gasteiger partial charge in [-0.15, -0.1) is 0 Å². The Morgan fingerprint density at radius 2 is 2.08 bits per heavy atom. The van der Waals surface area contributed by atoms with Gasteiger partial charge in [-0.2, -0.15) is 0 Å². The average Bonchev–Trinajstić information content (AvgIpc) is 2.80. The van der Waals surface area contributed by atoms with E-state index in [1.165, 1.54) is 30.9 Å². The second-order valence-electron chi connectivity index (χ2n) is 8.82. The third-order valence-corrected chi connectivity index (χ3v) is 6.92. The molecule has 2 fully saturated rings. The van der Waals surface area contributed by atoms with Gasteiger partial charge in [-0.25, -0.2) is 4.79 Å². The summed E-state index contributed by atoms with van der Waals surface area (Å²) in [4.78, 5) is 11.8. The maximum absolute atomic E-state index is 11.8. The van der Waals surface area contributed by atoms with Gasteiger partial charge in [-0.05, 0) is 60.8 Å². The van der Waals surface area contributed by atoms with Crippen molar-refractivity contribution in [2.75, 3.05) is 0 Å². The van der Waals surface area contributed by atoms with E-state index < -0.39 is 18.4 Å². The van der Waals surface area contributed by atoms with Crippen LogP contribution in [0.1, 0.15) is 59.3 Å². The number of ether oxygens (including phenoxy) is 1. The largest absolute Gasteiger partial charge is 0.429 e. The summed E-state index contributed by atoms with van der Waals surface area (Å²) in [6.45, 7) is 11.4. The van der Waals surface area contributed by atoms with Gasteiger partial charge in [0.15, 0.2) is 0 Å². The minimum Gasteiger partial charge on any atom is -0.429 e. The van der Waals surface area contributed by atoms with Gasteiger partial charge in [0, 0.05) is 0 Å². The van der Waals surface area contributed by atoms with E-state index in [2.05, 4.69) is 27.4 Å². The highest BCUT2D eigenvalue weighted by molar-refractivity contribution is 5.91. The van der Waals surface area contributed by atoms with E-state index in [1.807, 2.05) is 0 Å². The first-order valence-corrected chi connectivity index (χ1v) is 9.11. The quantitative estimate of drug-likeness (QED) is 0.614. The number of fused-ring (bicyclic) bond motifs is 1. The van der Waals surface area contributed by atoms with E-state index in [0.717, 1.165) is 12.8 Å². The van der Waals surface area contributed by atoms with Crippen LogP contribution in [0.4, 0.5) is 0 Å². The van der Waals surface area contributed by atoms with Crippen molar-refractivity contribution in [3.63, 3.8) is 0 Å². The van der Waals surface area contributed by atoms with E-state index >= 15 is 0 Å². The summed E-state index contributed by atoms with van der Waals surface area (Å²) in [5.74, 6) is 0.191. The molecule has 0 saturated heterocycles. The Morgan fingerprint density at radius 1 is 1.38 bits per heavy atom. The molecule has 134 valence electrons.